The van der Waals surface area contributed by atoms with Gasteiger partial charge in [-0.05, 0) is 30.2 Å². The van der Waals surface area contributed by atoms with Crippen molar-refractivity contribution in [2.75, 3.05) is 38.3 Å². The molecule has 8 heteroatoms. The molecule has 0 radical (unpaired) electrons. The topological polar surface area (TPSA) is 76.2 Å². The van der Waals surface area contributed by atoms with Crippen molar-refractivity contribution in [3.8, 4) is 0 Å². The summed E-state index contributed by atoms with van der Waals surface area (Å²) in [5.74, 6) is -0.631. The Kier molecular flexibility index (Phi) is 4.10. The summed E-state index contributed by atoms with van der Waals surface area (Å²) in [6, 6.07) is 4.93. The van der Waals surface area contributed by atoms with Crippen LogP contribution < -0.4 is 4.90 Å². The van der Waals surface area contributed by atoms with Crippen LogP contribution in [0.5, 0.6) is 0 Å². The van der Waals surface area contributed by atoms with Crippen molar-refractivity contribution in [3.63, 3.8) is 0 Å². The van der Waals surface area contributed by atoms with Gasteiger partial charge in [-0.15, -0.1) is 0 Å². The summed E-state index contributed by atoms with van der Waals surface area (Å²) in [4.78, 5) is 13.6. The van der Waals surface area contributed by atoms with Crippen LogP contribution in [0.1, 0.15) is 24.8 Å². The number of rotatable bonds is 2. The van der Waals surface area contributed by atoms with Crippen LogP contribution in [0.15, 0.2) is 23.1 Å². The Labute approximate surface area is 147 Å². The van der Waals surface area contributed by atoms with Gasteiger partial charge in [0.25, 0.3) is 0 Å². The minimum atomic E-state index is -3.58. The molecule has 0 aliphatic carbocycles. The number of likely N-dealkylation sites (N-methyl/N-ethyl adjacent to an activating group) is 1. The van der Waals surface area contributed by atoms with E-state index >= 15 is 0 Å². The van der Waals surface area contributed by atoms with Gasteiger partial charge < -0.3 is 14.4 Å². The molecule has 0 atom stereocenters. The average Bonchev–Trinajstić information content (AvgIpc) is 2.90. The third-order valence-corrected chi connectivity index (χ3v) is 7.16. The van der Waals surface area contributed by atoms with Crippen LogP contribution in [-0.2, 0) is 30.7 Å². The molecule has 7 nitrogen and oxygen atoms in total. The summed E-state index contributed by atoms with van der Waals surface area (Å²) in [5, 5.41) is 0. The first kappa shape index (κ1) is 17.0. The fourth-order valence-electron chi connectivity index (χ4n) is 3.73. The Balaban J connectivity index is 1.53. The highest BCUT2D eigenvalue weighted by Gasteiger charge is 2.41. The van der Waals surface area contributed by atoms with Crippen molar-refractivity contribution < 1.29 is 22.7 Å². The second kappa shape index (κ2) is 6.05. The standard InChI is InChI=1S/C17H22N2O5S/c1-18-15-4-3-14(11-13(15)12-16(18)20)25(21,22)19-7-5-17(6-8-19)23-9-2-10-24-17/h3-4,11H,2,5-10,12H2,1H3. The van der Waals surface area contributed by atoms with Crippen LogP contribution in [0.2, 0.25) is 0 Å². The van der Waals surface area contributed by atoms with Crippen molar-refractivity contribution in [1.82, 2.24) is 4.31 Å². The molecule has 136 valence electrons. The molecule has 2 fully saturated rings. The van der Waals surface area contributed by atoms with Crippen molar-refractivity contribution in [2.24, 2.45) is 0 Å². The van der Waals surface area contributed by atoms with E-state index < -0.39 is 15.8 Å². The Hall–Kier alpha value is -1.48. The summed E-state index contributed by atoms with van der Waals surface area (Å²) < 4.78 is 39.0. The zero-order valence-electron chi connectivity index (χ0n) is 14.2. The molecule has 3 aliphatic heterocycles. The molecule has 0 saturated carbocycles. The van der Waals surface area contributed by atoms with E-state index in [2.05, 4.69) is 0 Å². The lowest BCUT2D eigenvalue weighted by molar-refractivity contribution is -0.280. The maximum absolute atomic E-state index is 13.0. The molecule has 4 rings (SSSR count). The number of ether oxygens (including phenoxy) is 2. The maximum atomic E-state index is 13.0. The van der Waals surface area contributed by atoms with Crippen molar-refractivity contribution >= 4 is 21.6 Å². The molecular formula is C17H22N2O5S. The molecule has 3 heterocycles. The SMILES string of the molecule is CN1C(=O)Cc2cc(S(=O)(=O)N3CCC4(CC3)OCCCO4)ccc21. The van der Waals surface area contributed by atoms with Gasteiger partial charge in [-0.1, -0.05) is 0 Å². The second-order valence-electron chi connectivity index (χ2n) is 6.79. The van der Waals surface area contributed by atoms with Gasteiger partial charge in [0.2, 0.25) is 15.9 Å². The molecule has 0 unspecified atom stereocenters. The van der Waals surface area contributed by atoms with Gasteiger partial charge in [-0.25, -0.2) is 8.42 Å². The Morgan fingerprint density at radius 1 is 1.12 bits per heavy atom. The highest BCUT2D eigenvalue weighted by atomic mass is 32.2. The number of hydrogen-bond donors (Lipinski definition) is 0. The first-order valence-corrected chi connectivity index (χ1v) is 10.0. The van der Waals surface area contributed by atoms with E-state index in [0.717, 1.165) is 17.7 Å². The lowest BCUT2D eigenvalue weighted by Crippen LogP contribution is -2.51. The quantitative estimate of drug-likeness (QED) is 0.784. The fourth-order valence-corrected chi connectivity index (χ4v) is 5.22. The number of anilines is 1. The van der Waals surface area contributed by atoms with Gasteiger partial charge >= 0.3 is 0 Å². The lowest BCUT2D eigenvalue weighted by Gasteiger charge is -2.42. The average molecular weight is 366 g/mol. The number of fused-ring (bicyclic) bond motifs is 1. The van der Waals surface area contributed by atoms with E-state index in [0.29, 0.717) is 39.1 Å². The monoisotopic (exact) mass is 366 g/mol. The number of carbonyl (C=O) groups is 1. The Morgan fingerprint density at radius 3 is 2.48 bits per heavy atom. The second-order valence-corrected chi connectivity index (χ2v) is 8.72. The van der Waals surface area contributed by atoms with Crippen molar-refractivity contribution in [2.45, 2.75) is 36.4 Å². The molecule has 1 spiro atoms. The third kappa shape index (κ3) is 2.87. The van der Waals surface area contributed by atoms with Crippen LogP contribution in [0, 0.1) is 0 Å². The zero-order chi connectivity index (χ0) is 17.7. The number of carbonyl (C=O) groups excluding carboxylic acids is 1. The minimum absolute atomic E-state index is 0.0175. The smallest absolute Gasteiger partial charge is 0.243 e. The minimum Gasteiger partial charge on any atom is -0.350 e. The molecule has 0 aromatic heterocycles. The summed E-state index contributed by atoms with van der Waals surface area (Å²) in [7, 11) is -1.88. The number of hydrogen-bond acceptors (Lipinski definition) is 5. The highest BCUT2D eigenvalue weighted by Crippen LogP contribution is 2.35. The number of piperidine rings is 1. The van der Waals surface area contributed by atoms with E-state index in [9.17, 15) is 13.2 Å². The summed E-state index contributed by atoms with van der Waals surface area (Å²) in [6.07, 6.45) is 2.21. The van der Waals surface area contributed by atoms with Gasteiger partial charge in [-0.3, -0.25) is 4.79 Å². The predicted octanol–water partition coefficient (Wildman–Crippen LogP) is 1.12. The van der Waals surface area contributed by atoms with Crippen molar-refractivity contribution in [1.29, 1.82) is 0 Å². The summed E-state index contributed by atoms with van der Waals surface area (Å²) >= 11 is 0. The van der Waals surface area contributed by atoms with Gasteiger partial charge in [0.15, 0.2) is 5.79 Å². The third-order valence-electron chi connectivity index (χ3n) is 5.27. The number of benzene rings is 1. The van der Waals surface area contributed by atoms with E-state index in [4.69, 9.17) is 9.47 Å². The first-order chi connectivity index (χ1) is 11.9. The summed E-state index contributed by atoms with van der Waals surface area (Å²) in [6.45, 7) is 2.08. The highest BCUT2D eigenvalue weighted by molar-refractivity contribution is 7.89. The lowest BCUT2D eigenvalue weighted by atomic mass is 10.0. The number of amides is 1. The maximum Gasteiger partial charge on any atom is 0.243 e. The molecule has 2 saturated heterocycles. The zero-order valence-corrected chi connectivity index (χ0v) is 15.0. The molecule has 0 bridgehead atoms. The van der Waals surface area contributed by atoms with E-state index in [1.807, 2.05) is 0 Å². The van der Waals surface area contributed by atoms with Crippen molar-refractivity contribution in [3.05, 3.63) is 23.8 Å². The van der Waals surface area contributed by atoms with Crippen LogP contribution in [0.25, 0.3) is 0 Å². The fraction of sp³-hybridized carbons (Fsp3) is 0.588. The van der Waals surface area contributed by atoms with E-state index in [-0.39, 0.29) is 17.2 Å². The number of nitrogens with zero attached hydrogens (tertiary/aromatic N) is 2. The summed E-state index contributed by atoms with van der Waals surface area (Å²) in [5.41, 5.74) is 1.55. The van der Waals surface area contributed by atoms with Gasteiger partial charge in [0.05, 0.1) is 24.5 Å². The molecule has 0 N–H and O–H groups in total. The molecule has 1 aromatic carbocycles. The largest absolute Gasteiger partial charge is 0.350 e. The van der Waals surface area contributed by atoms with Crippen LogP contribution in [0.4, 0.5) is 5.69 Å². The van der Waals surface area contributed by atoms with E-state index in [1.165, 1.54) is 4.31 Å². The first-order valence-electron chi connectivity index (χ1n) is 8.59. The van der Waals surface area contributed by atoms with Gasteiger partial charge in [0, 0.05) is 38.7 Å². The molecule has 3 aliphatic rings. The van der Waals surface area contributed by atoms with E-state index in [1.54, 1.807) is 30.1 Å². The number of sulfonamides is 1. The molecular weight excluding hydrogens is 344 g/mol. The predicted molar refractivity (Wildman–Crippen MR) is 90.8 cm³/mol. The Morgan fingerprint density at radius 2 is 1.80 bits per heavy atom. The van der Waals surface area contributed by atoms with Crippen LogP contribution >= 0.6 is 0 Å². The molecule has 25 heavy (non-hydrogen) atoms. The van der Waals surface area contributed by atoms with Crippen LogP contribution in [0.3, 0.4) is 0 Å². The van der Waals surface area contributed by atoms with Gasteiger partial charge in [0.1, 0.15) is 0 Å². The van der Waals surface area contributed by atoms with Crippen LogP contribution in [-0.4, -0.2) is 57.8 Å². The molecule has 1 aromatic rings. The normalized spacial score (nSPS) is 23.9. The molecule has 1 amide bonds. The van der Waals surface area contributed by atoms with Gasteiger partial charge in [-0.2, -0.15) is 4.31 Å². The Bertz CT molecular complexity index is 791.